The maximum Gasteiger partial charge on any atom is 0.184 e. The second-order valence-electron chi connectivity index (χ2n) is 3.29. The molecule has 1 rings (SSSR count). The molecule has 0 saturated carbocycles. The molecule has 0 unspecified atom stereocenters. The van der Waals surface area contributed by atoms with Crippen molar-refractivity contribution in [2.24, 2.45) is 10.8 Å². The highest BCUT2D eigenvalue weighted by Crippen LogP contribution is 2.42. The van der Waals surface area contributed by atoms with Crippen molar-refractivity contribution in [2.75, 3.05) is 13.7 Å². The van der Waals surface area contributed by atoms with Gasteiger partial charge in [0.05, 0.1) is 24.4 Å². The van der Waals surface area contributed by atoms with Crippen LogP contribution in [0.1, 0.15) is 12.5 Å². The van der Waals surface area contributed by atoms with Crippen LogP contribution < -0.4 is 20.6 Å². The highest BCUT2D eigenvalue weighted by atomic mass is 79.9. The Labute approximate surface area is 133 Å². The SMILES string of the molecule is CCOc1c(OC)cc(C=NNC(N)=S)c(Br)c1Br. The highest BCUT2D eigenvalue weighted by molar-refractivity contribution is 9.13. The van der Waals surface area contributed by atoms with Crippen LogP contribution in [-0.4, -0.2) is 25.0 Å². The number of methoxy groups -OCH3 is 1. The zero-order valence-electron chi connectivity index (χ0n) is 10.4. The number of hydrogen-bond donors (Lipinski definition) is 2. The third-order valence-electron chi connectivity index (χ3n) is 2.04. The molecule has 1 aromatic carbocycles. The zero-order chi connectivity index (χ0) is 14.4. The van der Waals surface area contributed by atoms with E-state index in [1.165, 1.54) is 0 Å². The minimum Gasteiger partial charge on any atom is -0.493 e. The van der Waals surface area contributed by atoms with Crippen molar-refractivity contribution in [1.29, 1.82) is 0 Å². The summed E-state index contributed by atoms with van der Waals surface area (Å²) in [7, 11) is 1.58. The van der Waals surface area contributed by atoms with Crippen molar-refractivity contribution in [2.45, 2.75) is 6.92 Å². The molecular formula is C11H13Br2N3O2S. The lowest BCUT2D eigenvalue weighted by molar-refractivity contribution is 0.308. The summed E-state index contributed by atoms with van der Waals surface area (Å²) in [5.74, 6) is 1.24. The fraction of sp³-hybridized carbons (Fsp3) is 0.273. The Balaban J connectivity index is 3.17. The van der Waals surface area contributed by atoms with Crippen molar-refractivity contribution < 1.29 is 9.47 Å². The summed E-state index contributed by atoms with van der Waals surface area (Å²) in [6.07, 6.45) is 1.58. The molecule has 0 saturated heterocycles. The van der Waals surface area contributed by atoms with E-state index in [-0.39, 0.29) is 5.11 Å². The third-order valence-corrected chi connectivity index (χ3v) is 4.28. The Morgan fingerprint density at radius 1 is 1.53 bits per heavy atom. The number of nitrogens with zero attached hydrogens (tertiary/aromatic N) is 1. The standard InChI is InChI=1S/C11H13Br2N3O2S/c1-3-18-10-7(17-2)4-6(8(12)9(10)13)5-15-16-11(14)19/h4-5H,3H2,1-2H3,(H3,14,16,19). The number of halogens is 2. The van der Waals surface area contributed by atoms with Crippen LogP contribution in [0, 0.1) is 0 Å². The number of rotatable bonds is 5. The summed E-state index contributed by atoms with van der Waals surface area (Å²) in [5.41, 5.74) is 8.56. The van der Waals surface area contributed by atoms with Crippen LogP contribution in [0.4, 0.5) is 0 Å². The van der Waals surface area contributed by atoms with E-state index in [1.54, 1.807) is 19.4 Å². The number of hydrazone groups is 1. The van der Waals surface area contributed by atoms with Gasteiger partial charge in [0.1, 0.15) is 0 Å². The van der Waals surface area contributed by atoms with Crippen LogP contribution in [0.3, 0.4) is 0 Å². The summed E-state index contributed by atoms with van der Waals surface area (Å²) in [4.78, 5) is 0. The molecule has 0 aliphatic heterocycles. The van der Waals surface area contributed by atoms with Crippen molar-refractivity contribution in [3.05, 3.63) is 20.6 Å². The summed E-state index contributed by atoms with van der Waals surface area (Å²) in [6.45, 7) is 2.44. The van der Waals surface area contributed by atoms with Crippen LogP contribution in [-0.2, 0) is 0 Å². The second kappa shape index (κ2) is 7.66. The van der Waals surface area contributed by atoms with E-state index in [0.29, 0.717) is 18.1 Å². The maximum atomic E-state index is 5.53. The van der Waals surface area contributed by atoms with Gasteiger partial charge in [-0.2, -0.15) is 5.10 Å². The van der Waals surface area contributed by atoms with Gasteiger partial charge in [-0.25, -0.2) is 0 Å². The van der Waals surface area contributed by atoms with Crippen LogP contribution in [0.15, 0.2) is 20.1 Å². The molecule has 0 radical (unpaired) electrons. The first-order chi connectivity index (χ1) is 9.01. The first kappa shape index (κ1) is 16.2. The normalized spacial score (nSPS) is 10.5. The summed E-state index contributed by atoms with van der Waals surface area (Å²) in [5, 5.41) is 4.01. The van der Waals surface area contributed by atoms with E-state index in [4.69, 9.17) is 15.2 Å². The lowest BCUT2D eigenvalue weighted by atomic mass is 10.2. The van der Waals surface area contributed by atoms with Gasteiger partial charge in [-0.05, 0) is 57.1 Å². The Morgan fingerprint density at radius 2 is 2.21 bits per heavy atom. The molecule has 5 nitrogen and oxygen atoms in total. The maximum absolute atomic E-state index is 5.53. The van der Waals surface area contributed by atoms with Gasteiger partial charge in [0.15, 0.2) is 16.6 Å². The molecule has 0 aliphatic rings. The van der Waals surface area contributed by atoms with Gasteiger partial charge in [-0.1, -0.05) is 0 Å². The molecule has 1 aromatic rings. The van der Waals surface area contributed by atoms with Gasteiger partial charge in [0.25, 0.3) is 0 Å². The molecule has 0 heterocycles. The summed E-state index contributed by atoms with van der Waals surface area (Å²) < 4.78 is 12.4. The Hall–Kier alpha value is -0.860. The van der Waals surface area contributed by atoms with Gasteiger partial charge in [-0.3, -0.25) is 5.43 Å². The number of benzene rings is 1. The molecule has 0 amide bonds. The topological polar surface area (TPSA) is 68.9 Å². The molecule has 0 spiro atoms. The average molecular weight is 411 g/mol. The quantitative estimate of drug-likeness (QED) is 0.443. The van der Waals surface area contributed by atoms with Crippen LogP contribution in [0.5, 0.6) is 11.5 Å². The number of hydrogen-bond acceptors (Lipinski definition) is 4. The molecule has 8 heteroatoms. The third kappa shape index (κ3) is 4.32. The molecular weight excluding hydrogens is 398 g/mol. The lowest BCUT2D eigenvalue weighted by Gasteiger charge is -2.14. The molecule has 3 N–H and O–H groups in total. The Kier molecular flexibility index (Phi) is 6.53. The smallest absolute Gasteiger partial charge is 0.184 e. The monoisotopic (exact) mass is 409 g/mol. The van der Waals surface area contributed by atoms with E-state index < -0.39 is 0 Å². The first-order valence-electron chi connectivity index (χ1n) is 5.28. The lowest BCUT2D eigenvalue weighted by Crippen LogP contribution is -2.24. The molecule has 0 atom stereocenters. The molecule has 0 fully saturated rings. The van der Waals surface area contributed by atoms with E-state index >= 15 is 0 Å². The van der Waals surface area contributed by atoms with Gasteiger partial charge < -0.3 is 15.2 Å². The molecule has 0 aromatic heterocycles. The van der Waals surface area contributed by atoms with Crippen molar-refractivity contribution in [3.8, 4) is 11.5 Å². The van der Waals surface area contributed by atoms with Gasteiger partial charge in [0, 0.05) is 10.0 Å². The van der Waals surface area contributed by atoms with Crippen molar-refractivity contribution in [3.63, 3.8) is 0 Å². The fourth-order valence-corrected chi connectivity index (χ4v) is 2.28. The predicted molar refractivity (Wildman–Crippen MR) is 87.1 cm³/mol. The van der Waals surface area contributed by atoms with Crippen LogP contribution >= 0.6 is 44.1 Å². The number of nitrogens with two attached hydrogens (primary N) is 1. The van der Waals surface area contributed by atoms with E-state index in [1.807, 2.05) is 6.92 Å². The van der Waals surface area contributed by atoms with Gasteiger partial charge in [-0.15, -0.1) is 0 Å². The van der Waals surface area contributed by atoms with E-state index in [9.17, 15) is 0 Å². The van der Waals surface area contributed by atoms with Crippen LogP contribution in [0.2, 0.25) is 0 Å². The Morgan fingerprint density at radius 3 is 2.74 bits per heavy atom. The molecule has 104 valence electrons. The largest absolute Gasteiger partial charge is 0.493 e. The van der Waals surface area contributed by atoms with Crippen molar-refractivity contribution >= 4 is 55.4 Å². The summed E-state index contributed by atoms with van der Waals surface area (Å²) >= 11 is 11.6. The van der Waals surface area contributed by atoms with E-state index in [2.05, 4.69) is 54.6 Å². The minimum atomic E-state index is 0.101. The summed E-state index contributed by atoms with van der Waals surface area (Å²) in [6, 6.07) is 1.80. The Bertz CT molecular complexity index is 509. The highest BCUT2D eigenvalue weighted by Gasteiger charge is 2.15. The fourth-order valence-electron chi connectivity index (χ4n) is 1.29. The average Bonchev–Trinajstić information content (AvgIpc) is 2.37. The van der Waals surface area contributed by atoms with Gasteiger partial charge in [0.2, 0.25) is 0 Å². The predicted octanol–water partition coefficient (Wildman–Crippen LogP) is 2.79. The van der Waals surface area contributed by atoms with Gasteiger partial charge >= 0.3 is 0 Å². The molecule has 0 aliphatic carbocycles. The zero-order valence-corrected chi connectivity index (χ0v) is 14.4. The molecule has 0 bridgehead atoms. The van der Waals surface area contributed by atoms with E-state index in [0.717, 1.165) is 14.5 Å². The number of nitrogens with one attached hydrogen (secondary N) is 1. The second-order valence-corrected chi connectivity index (χ2v) is 5.32. The van der Waals surface area contributed by atoms with Crippen LogP contribution in [0.25, 0.3) is 0 Å². The first-order valence-corrected chi connectivity index (χ1v) is 7.28. The molecule has 19 heavy (non-hydrogen) atoms. The number of thiocarbonyl (C=S) groups is 1. The number of ether oxygens (including phenoxy) is 2. The minimum absolute atomic E-state index is 0.101. The van der Waals surface area contributed by atoms with Crippen molar-refractivity contribution in [1.82, 2.24) is 5.43 Å².